The smallest absolute Gasteiger partial charge is 0.407 e. The number of carbonyl (C=O) groups is 4. The number of ether oxygens (including phenoxy) is 2. The second-order valence-corrected chi connectivity index (χ2v) is 18.3. The monoisotopic (exact) mass is 886 g/mol. The van der Waals surface area contributed by atoms with Crippen molar-refractivity contribution in [2.24, 2.45) is 17.8 Å². The fraction of sp³-hybridized carbons (Fsp3) is 0.346. The van der Waals surface area contributed by atoms with Crippen molar-refractivity contribution >= 4 is 67.4 Å². The van der Waals surface area contributed by atoms with Crippen molar-refractivity contribution in [3.8, 4) is 11.1 Å². The molecular weight excluding hydrogens is 833 g/mol. The van der Waals surface area contributed by atoms with Crippen molar-refractivity contribution in [2.75, 3.05) is 33.9 Å². The van der Waals surface area contributed by atoms with Gasteiger partial charge in [-0.15, -0.1) is 0 Å². The van der Waals surface area contributed by atoms with Crippen LogP contribution in [0.25, 0.3) is 54.7 Å². The van der Waals surface area contributed by atoms with Crippen molar-refractivity contribution in [3.63, 3.8) is 0 Å². The van der Waals surface area contributed by atoms with Crippen LogP contribution in [0.2, 0.25) is 0 Å². The minimum absolute atomic E-state index is 0.0131. The first-order valence-corrected chi connectivity index (χ1v) is 22.8. The number of benzene rings is 5. The van der Waals surface area contributed by atoms with Gasteiger partial charge in [0.15, 0.2) is 0 Å². The summed E-state index contributed by atoms with van der Waals surface area (Å²) in [7, 11) is 2.91. The van der Waals surface area contributed by atoms with E-state index in [2.05, 4.69) is 81.8 Å². The van der Waals surface area contributed by atoms with Crippen molar-refractivity contribution in [1.82, 2.24) is 40.4 Å². The lowest BCUT2D eigenvalue weighted by Crippen LogP contribution is -2.51. The van der Waals surface area contributed by atoms with Gasteiger partial charge in [0.05, 0.1) is 41.8 Å². The molecule has 4 heterocycles. The Balaban J connectivity index is 0.921. The highest BCUT2D eigenvalue weighted by Gasteiger charge is 2.44. The number of H-pyrrole nitrogens is 2. The third kappa shape index (κ3) is 7.82. The zero-order valence-corrected chi connectivity index (χ0v) is 37.6. The molecule has 2 aromatic heterocycles. The maximum atomic E-state index is 14.3. The van der Waals surface area contributed by atoms with E-state index in [1.807, 2.05) is 55.1 Å². The molecule has 10 rings (SSSR count). The third-order valence-electron chi connectivity index (χ3n) is 13.7. The second-order valence-electron chi connectivity index (χ2n) is 18.3. The Morgan fingerprint density at radius 1 is 0.773 bits per heavy atom. The minimum atomic E-state index is -0.803. The Hall–Kier alpha value is -7.06. The van der Waals surface area contributed by atoms with E-state index in [0.29, 0.717) is 25.5 Å². The van der Waals surface area contributed by atoms with Gasteiger partial charge >= 0.3 is 6.09 Å². The number of aromatic amines is 2. The normalized spacial score (nSPS) is 19.6. The summed E-state index contributed by atoms with van der Waals surface area (Å²) in [6.07, 6.45) is 2.68. The third-order valence-corrected chi connectivity index (χ3v) is 13.7. The number of hydrogen-bond donors (Lipinski definition) is 4. The Labute approximate surface area is 382 Å². The number of nitrogens with zero attached hydrogens (tertiary/aromatic N) is 4. The van der Waals surface area contributed by atoms with Crippen LogP contribution in [0.1, 0.15) is 74.9 Å². The summed E-state index contributed by atoms with van der Waals surface area (Å²) in [4.78, 5) is 74.6. The Bertz CT molecular complexity index is 3050. The highest BCUT2D eigenvalue weighted by atomic mass is 16.5. The summed E-state index contributed by atoms with van der Waals surface area (Å²) in [6.45, 7) is 9.55. The van der Waals surface area contributed by atoms with E-state index in [1.54, 1.807) is 12.0 Å². The van der Waals surface area contributed by atoms with Crippen LogP contribution in [-0.4, -0.2) is 93.5 Å². The van der Waals surface area contributed by atoms with Gasteiger partial charge in [-0.25, -0.2) is 14.8 Å². The molecule has 338 valence electrons. The Morgan fingerprint density at radius 3 is 2.02 bits per heavy atom. The Kier molecular flexibility index (Phi) is 11.3. The molecule has 0 unspecified atom stereocenters. The molecule has 1 aliphatic carbocycles. The van der Waals surface area contributed by atoms with E-state index in [1.165, 1.54) is 7.11 Å². The first-order valence-electron chi connectivity index (χ1n) is 22.8. The molecule has 4 amide bonds. The van der Waals surface area contributed by atoms with Crippen LogP contribution in [0.15, 0.2) is 103 Å². The number of amides is 4. The molecule has 66 heavy (non-hydrogen) atoms. The van der Waals surface area contributed by atoms with Crippen molar-refractivity contribution in [3.05, 3.63) is 120 Å². The van der Waals surface area contributed by atoms with Gasteiger partial charge in [-0.1, -0.05) is 87.2 Å². The molecule has 3 aliphatic rings. The second kappa shape index (κ2) is 17.4. The summed E-state index contributed by atoms with van der Waals surface area (Å²) < 4.78 is 10.4. The number of carbonyl (C=O) groups excluding carboxylic acids is 4. The zero-order chi connectivity index (χ0) is 45.8. The van der Waals surface area contributed by atoms with Gasteiger partial charge in [0.2, 0.25) is 17.7 Å². The van der Waals surface area contributed by atoms with E-state index < -0.39 is 24.2 Å². The molecule has 2 aliphatic heterocycles. The van der Waals surface area contributed by atoms with Gasteiger partial charge in [-0.2, -0.15) is 0 Å². The van der Waals surface area contributed by atoms with Gasteiger partial charge in [-0.05, 0) is 88.9 Å². The van der Waals surface area contributed by atoms with Gasteiger partial charge in [0, 0.05) is 42.8 Å². The van der Waals surface area contributed by atoms with Crippen molar-refractivity contribution < 1.29 is 28.7 Å². The van der Waals surface area contributed by atoms with Gasteiger partial charge in [0.1, 0.15) is 29.8 Å². The van der Waals surface area contributed by atoms with E-state index >= 15 is 0 Å². The standard InChI is InChI=1S/C52H54N8O6/c1-28(2)42(58-52(64)66-5)50(62)60-26-36(27-65-4)29(3)46(60)48-54-40-22-18-35-25-33(16-20-38(35)45(40)56-48)32-15-19-37-34(24-32)17-21-39-44(37)55-47(53-39)41-12-9-23-59(41)51(63)43(30-10-7-6-8-11-30)57-49(61)31-13-14-31/h6-8,10-11,15-22,24-25,28,31,36,41-43,46H,3,9,12-14,23,26-27H2,1-2,4-5H3,(H,53,55)(H,54,56)(H,57,61)(H,58,64)/t36-,41-,42-,43+,46-/m0/s1. The molecular formula is C52H54N8O6. The van der Waals surface area contributed by atoms with Crippen LogP contribution >= 0.6 is 0 Å². The number of aromatic nitrogens is 4. The van der Waals surface area contributed by atoms with E-state index in [9.17, 15) is 19.2 Å². The average molecular weight is 887 g/mol. The lowest BCUT2D eigenvalue weighted by molar-refractivity contribution is -0.138. The molecule has 1 saturated carbocycles. The fourth-order valence-electron chi connectivity index (χ4n) is 9.97. The van der Waals surface area contributed by atoms with Crippen molar-refractivity contribution in [1.29, 1.82) is 0 Å². The lowest BCUT2D eigenvalue weighted by atomic mass is 9.98. The summed E-state index contributed by atoms with van der Waals surface area (Å²) in [5.74, 6) is 0.610. The van der Waals surface area contributed by atoms with Crippen LogP contribution in [0.3, 0.4) is 0 Å². The lowest BCUT2D eigenvalue weighted by Gasteiger charge is -2.30. The van der Waals surface area contributed by atoms with E-state index in [4.69, 9.17) is 19.4 Å². The predicted octanol–water partition coefficient (Wildman–Crippen LogP) is 8.43. The number of alkyl carbamates (subject to hydrolysis) is 1. The Morgan fingerprint density at radius 2 is 1.41 bits per heavy atom. The zero-order valence-electron chi connectivity index (χ0n) is 37.6. The molecule has 4 N–H and O–H groups in total. The quantitative estimate of drug-likeness (QED) is 0.0885. The number of imidazole rings is 2. The van der Waals surface area contributed by atoms with Crippen LogP contribution in [0.5, 0.6) is 0 Å². The molecule has 14 nitrogen and oxygen atoms in total. The first-order chi connectivity index (χ1) is 32.0. The first kappa shape index (κ1) is 42.9. The highest BCUT2D eigenvalue weighted by Crippen LogP contribution is 2.42. The number of methoxy groups -OCH3 is 2. The number of fused-ring (bicyclic) bond motifs is 6. The highest BCUT2D eigenvalue weighted by molar-refractivity contribution is 6.07. The van der Waals surface area contributed by atoms with Crippen molar-refractivity contribution in [2.45, 2.75) is 63.7 Å². The van der Waals surface area contributed by atoms with Crippen LogP contribution in [0.4, 0.5) is 4.79 Å². The number of hydrogen-bond acceptors (Lipinski definition) is 8. The molecule has 14 heteroatoms. The average Bonchev–Trinajstić information content (AvgIpc) is 3.61. The molecule has 5 aromatic carbocycles. The van der Waals surface area contributed by atoms with Gasteiger partial charge in [-0.3, -0.25) is 14.4 Å². The summed E-state index contributed by atoms with van der Waals surface area (Å²) in [6, 6.07) is 28.2. The van der Waals surface area contributed by atoms with Crippen LogP contribution in [-0.2, 0) is 23.9 Å². The van der Waals surface area contributed by atoms with E-state index in [-0.39, 0.29) is 41.5 Å². The maximum absolute atomic E-state index is 14.3. The van der Waals surface area contributed by atoms with Gasteiger partial charge in [0.25, 0.3) is 0 Å². The SMILES string of the molecule is C=C1[C@H](COC)CN(C(=O)[C@@H](NC(=O)OC)C(C)C)[C@@H]1c1nc2c(ccc3cc(-c4ccc5c(ccc6[nH]c([C@@H]7CCCN7C(=O)[C@H](NC(=O)C7CC7)c7ccccc7)nc65)c4)ccc32)[nH]1. The number of likely N-dealkylation sites (tertiary alicyclic amines) is 2. The molecule has 7 aromatic rings. The minimum Gasteiger partial charge on any atom is -0.453 e. The molecule has 5 atom stereocenters. The molecule has 0 bridgehead atoms. The molecule has 0 spiro atoms. The van der Waals surface area contributed by atoms with Gasteiger partial charge < -0.3 is 39.9 Å². The topological polar surface area (TPSA) is 175 Å². The molecule has 2 saturated heterocycles. The van der Waals surface area contributed by atoms with Crippen LogP contribution < -0.4 is 10.6 Å². The summed E-state index contributed by atoms with van der Waals surface area (Å²) >= 11 is 0. The molecule has 3 fully saturated rings. The number of rotatable bonds is 12. The maximum Gasteiger partial charge on any atom is 0.407 e. The largest absolute Gasteiger partial charge is 0.453 e. The van der Waals surface area contributed by atoms with E-state index in [0.717, 1.165) is 97.4 Å². The fourth-order valence-corrected chi connectivity index (χ4v) is 9.97. The summed E-state index contributed by atoms with van der Waals surface area (Å²) in [5.41, 5.74) is 7.07. The summed E-state index contributed by atoms with van der Waals surface area (Å²) in [5, 5.41) is 9.82. The number of nitrogens with one attached hydrogen (secondary N) is 4. The molecule has 0 radical (unpaired) electrons. The van der Waals surface area contributed by atoms with Crippen LogP contribution in [0, 0.1) is 17.8 Å². The predicted molar refractivity (Wildman–Crippen MR) is 253 cm³/mol.